The van der Waals surface area contributed by atoms with E-state index >= 15 is 0 Å². The number of hydrogen-bond acceptors (Lipinski definition) is 7. The number of ether oxygens (including phenoxy) is 1. The van der Waals surface area contributed by atoms with E-state index in [0.717, 1.165) is 64.2 Å². The molecule has 0 aromatic carbocycles. The zero-order valence-electron chi connectivity index (χ0n) is 16.1. The molecule has 4 unspecified atom stereocenters. The first-order valence-electron chi connectivity index (χ1n) is 10.5. The Bertz CT molecular complexity index is 709. The van der Waals surface area contributed by atoms with Crippen LogP contribution in [0.1, 0.15) is 25.7 Å². The van der Waals surface area contributed by atoms with E-state index in [2.05, 4.69) is 19.8 Å². The zero-order valence-corrected chi connectivity index (χ0v) is 16.1. The summed E-state index contributed by atoms with van der Waals surface area (Å²) < 4.78 is 5.79. The van der Waals surface area contributed by atoms with Gasteiger partial charge >= 0.3 is 0 Å². The van der Waals surface area contributed by atoms with Crippen LogP contribution in [-0.4, -0.2) is 83.1 Å². The fourth-order valence-electron chi connectivity index (χ4n) is 5.25. The van der Waals surface area contributed by atoms with Crippen molar-refractivity contribution in [2.24, 2.45) is 11.8 Å². The molecule has 28 heavy (non-hydrogen) atoms. The largest absolute Gasteiger partial charge is 0.373 e. The van der Waals surface area contributed by atoms with Gasteiger partial charge in [0.1, 0.15) is 5.82 Å². The first-order valence-corrected chi connectivity index (χ1v) is 10.5. The van der Waals surface area contributed by atoms with E-state index in [-0.39, 0.29) is 35.9 Å². The van der Waals surface area contributed by atoms with Gasteiger partial charge in [-0.2, -0.15) is 0 Å². The summed E-state index contributed by atoms with van der Waals surface area (Å²) in [4.78, 5) is 40.0. The van der Waals surface area contributed by atoms with E-state index in [4.69, 9.17) is 4.74 Å². The van der Waals surface area contributed by atoms with E-state index in [9.17, 15) is 9.59 Å². The molecule has 150 valence electrons. The van der Waals surface area contributed by atoms with Gasteiger partial charge in [0.05, 0.1) is 30.2 Å². The van der Waals surface area contributed by atoms with Gasteiger partial charge in [0.15, 0.2) is 0 Å². The Morgan fingerprint density at radius 3 is 2.25 bits per heavy atom. The van der Waals surface area contributed by atoms with Gasteiger partial charge < -0.3 is 9.64 Å². The summed E-state index contributed by atoms with van der Waals surface area (Å²) in [6, 6.07) is 0. The smallest absolute Gasteiger partial charge is 0.235 e. The average molecular weight is 385 g/mol. The number of carbonyl (C=O) groups excluding carboxylic acids is 2. The Hall–Kier alpha value is -2.06. The lowest BCUT2D eigenvalue weighted by Crippen LogP contribution is -2.47. The van der Waals surface area contributed by atoms with Gasteiger partial charge in [0.25, 0.3) is 0 Å². The first kappa shape index (κ1) is 18.0. The molecule has 8 heteroatoms. The van der Waals surface area contributed by atoms with Gasteiger partial charge in [-0.05, 0) is 32.2 Å². The number of aromatic nitrogens is 2. The molecule has 0 saturated carbocycles. The molecule has 1 aromatic rings. The molecule has 0 aliphatic carbocycles. The molecule has 0 N–H and O–H groups in total. The van der Waals surface area contributed by atoms with Crippen LogP contribution in [0.4, 0.5) is 5.82 Å². The third kappa shape index (κ3) is 3.08. The van der Waals surface area contributed by atoms with Crippen LogP contribution in [0, 0.1) is 11.8 Å². The van der Waals surface area contributed by atoms with Crippen LogP contribution in [0.5, 0.6) is 0 Å². The van der Waals surface area contributed by atoms with Gasteiger partial charge in [-0.25, -0.2) is 4.98 Å². The molecule has 8 nitrogen and oxygen atoms in total. The number of fused-ring (bicyclic) bond motifs is 5. The van der Waals surface area contributed by atoms with Gasteiger partial charge in [-0.1, -0.05) is 0 Å². The number of amides is 2. The fraction of sp³-hybridized carbons (Fsp3) is 0.700. The topological polar surface area (TPSA) is 78.9 Å². The molecular formula is C20H27N5O3. The second kappa shape index (κ2) is 7.40. The standard InChI is InChI=1S/C20H27N5O3/c26-19-17-14-3-4-15(28-14)18(17)20(27)25(19)8-2-1-7-23-9-11-24(12-10-23)16-13-21-5-6-22-16/h5-6,13-15,17-18H,1-4,7-12H2. The van der Waals surface area contributed by atoms with Crippen molar-refractivity contribution in [1.29, 1.82) is 0 Å². The Labute approximate surface area is 164 Å². The van der Waals surface area contributed by atoms with Gasteiger partial charge in [0.2, 0.25) is 11.8 Å². The second-order valence-corrected chi connectivity index (χ2v) is 8.27. The number of hydrogen-bond donors (Lipinski definition) is 0. The summed E-state index contributed by atoms with van der Waals surface area (Å²) in [6.07, 6.45) is 8.95. The van der Waals surface area contributed by atoms with Crippen molar-refractivity contribution in [1.82, 2.24) is 19.8 Å². The van der Waals surface area contributed by atoms with Gasteiger partial charge in [0, 0.05) is 45.1 Å². The molecule has 5 rings (SSSR count). The number of carbonyl (C=O) groups is 2. The zero-order chi connectivity index (χ0) is 19.1. The van der Waals surface area contributed by atoms with Crippen LogP contribution in [0.15, 0.2) is 18.6 Å². The third-order valence-corrected chi connectivity index (χ3v) is 6.73. The highest BCUT2D eigenvalue weighted by Crippen LogP contribution is 2.48. The number of imide groups is 1. The lowest BCUT2D eigenvalue weighted by atomic mass is 9.81. The van der Waals surface area contributed by atoms with Crippen LogP contribution in [0.25, 0.3) is 0 Å². The van der Waals surface area contributed by atoms with Crippen molar-refractivity contribution in [3.05, 3.63) is 18.6 Å². The Morgan fingerprint density at radius 1 is 0.929 bits per heavy atom. The minimum Gasteiger partial charge on any atom is -0.373 e. The average Bonchev–Trinajstić information content (AvgIpc) is 3.41. The van der Waals surface area contributed by atoms with E-state index in [0.29, 0.717) is 6.54 Å². The lowest BCUT2D eigenvalue weighted by molar-refractivity contribution is -0.142. The van der Waals surface area contributed by atoms with Crippen LogP contribution in [0.2, 0.25) is 0 Å². The SMILES string of the molecule is O=C1C2C3CCC(O3)C2C(=O)N1CCCCN1CCN(c2cnccn2)CC1. The first-order chi connectivity index (χ1) is 13.7. The number of likely N-dealkylation sites (tertiary alicyclic amines) is 1. The molecular weight excluding hydrogens is 358 g/mol. The molecule has 2 amide bonds. The maximum Gasteiger partial charge on any atom is 0.235 e. The Morgan fingerprint density at radius 2 is 1.61 bits per heavy atom. The summed E-state index contributed by atoms with van der Waals surface area (Å²) in [6.45, 7) is 5.48. The molecule has 4 atom stereocenters. The van der Waals surface area contributed by atoms with Crippen molar-refractivity contribution in [2.75, 3.05) is 44.2 Å². The Kier molecular flexibility index (Phi) is 4.76. The van der Waals surface area contributed by atoms with Crippen molar-refractivity contribution in [3.63, 3.8) is 0 Å². The van der Waals surface area contributed by atoms with Gasteiger partial charge in [-0.15, -0.1) is 0 Å². The third-order valence-electron chi connectivity index (χ3n) is 6.73. The summed E-state index contributed by atoms with van der Waals surface area (Å²) in [5, 5.41) is 0. The quantitative estimate of drug-likeness (QED) is 0.522. The predicted octanol–water partition coefficient (Wildman–Crippen LogP) is 0.541. The molecule has 4 fully saturated rings. The predicted molar refractivity (Wildman–Crippen MR) is 102 cm³/mol. The number of piperazine rings is 1. The minimum atomic E-state index is -0.194. The van der Waals surface area contributed by atoms with E-state index in [1.54, 1.807) is 12.4 Å². The molecule has 4 saturated heterocycles. The highest BCUT2D eigenvalue weighted by atomic mass is 16.5. The molecule has 4 aliphatic heterocycles. The molecule has 0 spiro atoms. The number of nitrogens with zero attached hydrogens (tertiary/aromatic N) is 5. The highest BCUT2D eigenvalue weighted by molar-refractivity contribution is 6.06. The number of anilines is 1. The lowest BCUT2D eigenvalue weighted by Gasteiger charge is -2.35. The van der Waals surface area contributed by atoms with Crippen LogP contribution in [-0.2, 0) is 14.3 Å². The summed E-state index contributed by atoms with van der Waals surface area (Å²) >= 11 is 0. The van der Waals surface area contributed by atoms with Crippen LogP contribution in [0.3, 0.4) is 0 Å². The molecule has 4 aliphatic rings. The van der Waals surface area contributed by atoms with Crippen LogP contribution >= 0.6 is 0 Å². The van der Waals surface area contributed by atoms with Crippen molar-refractivity contribution in [3.8, 4) is 0 Å². The summed E-state index contributed by atoms with van der Waals surface area (Å²) in [5.41, 5.74) is 0. The normalized spacial score (nSPS) is 32.4. The van der Waals surface area contributed by atoms with Crippen LogP contribution < -0.4 is 4.90 Å². The molecule has 1 aromatic heterocycles. The van der Waals surface area contributed by atoms with Gasteiger partial charge in [-0.3, -0.25) is 24.4 Å². The fourth-order valence-corrected chi connectivity index (χ4v) is 5.25. The molecule has 2 bridgehead atoms. The van der Waals surface area contributed by atoms with E-state index in [1.165, 1.54) is 4.90 Å². The van der Waals surface area contributed by atoms with E-state index < -0.39 is 0 Å². The van der Waals surface area contributed by atoms with Crippen molar-refractivity contribution in [2.45, 2.75) is 37.9 Å². The molecule has 5 heterocycles. The Balaban J connectivity index is 1.05. The van der Waals surface area contributed by atoms with E-state index in [1.807, 2.05) is 6.20 Å². The maximum absolute atomic E-state index is 12.7. The maximum atomic E-state index is 12.7. The summed E-state index contributed by atoms with van der Waals surface area (Å²) in [5.74, 6) is 0.581. The monoisotopic (exact) mass is 385 g/mol. The summed E-state index contributed by atoms with van der Waals surface area (Å²) in [7, 11) is 0. The number of unbranched alkanes of at least 4 members (excludes halogenated alkanes) is 1. The van der Waals surface area contributed by atoms with Crippen molar-refractivity contribution < 1.29 is 14.3 Å². The van der Waals surface area contributed by atoms with Crippen molar-refractivity contribution >= 4 is 17.6 Å². The number of rotatable bonds is 6. The highest BCUT2D eigenvalue weighted by Gasteiger charge is 2.62. The minimum absolute atomic E-state index is 0.0120. The second-order valence-electron chi connectivity index (χ2n) is 8.27. The molecule has 0 radical (unpaired) electrons.